The Morgan fingerprint density at radius 2 is 1.65 bits per heavy atom. The number of hydrogen-bond acceptors (Lipinski definition) is 5. The van der Waals surface area contributed by atoms with E-state index in [9.17, 15) is 14.4 Å². The van der Waals surface area contributed by atoms with Crippen LogP contribution in [0.5, 0.6) is 0 Å². The third-order valence-electron chi connectivity index (χ3n) is 4.79. The molecule has 3 aromatic rings. The molecule has 0 radical (unpaired) electrons. The van der Waals surface area contributed by atoms with E-state index in [1.807, 2.05) is 0 Å². The minimum absolute atomic E-state index is 0.124. The Morgan fingerprint density at radius 1 is 1.00 bits per heavy atom. The number of benzene rings is 2. The van der Waals surface area contributed by atoms with Gasteiger partial charge >= 0.3 is 5.97 Å². The minimum atomic E-state index is -1.04. The van der Waals surface area contributed by atoms with Gasteiger partial charge in [-0.25, -0.2) is 4.79 Å². The molecule has 8 nitrogen and oxygen atoms in total. The summed E-state index contributed by atoms with van der Waals surface area (Å²) < 4.78 is 5.83. The molecule has 0 bridgehead atoms. The van der Waals surface area contributed by atoms with Gasteiger partial charge in [0.25, 0.3) is 5.91 Å². The Hall–Kier alpha value is -4.46. The van der Waals surface area contributed by atoms with Gasteiger partial charge in [0.15, 0.2) is 0 Å². The number of hydrogen-bond donors (Lipinski definition) is 2. The van der Waals surface area contributed by atoms with Crippen molar-refractivity contribution in [2.24, 2.45) is 10.8 Å². The molecule has 2 amide bonds. The zero-order valence-corrected chi connectivity index (χ0v) is 16.4. The Labute approximate surface area is 176 Å². The van der Waals surface area contributed by atoms with Gasteiger partial charge in [0.2, 0.25) is 5.91 Å². The molecule has 4 rings (SSSR count). The van der Waals surface area contributed by atoms with E-state index in [1.54, 1.807) is 49.4 Å². The molecule has 0 fully saturated rings. The predicted molar refractivity (Wildman–Crippen MR) is 115 cm³/mol. The number of anilines is 1. The number of carbonyl (C=O) groups excluding carboxylic acids is 2. The molecule has 0 unspecified atom stereocenters. The highest BCUT2D eigenvalue weighted by Gasteiger charge is 2.29. The van der Waals surface area contributed by atoms with Gasteiger partial charge in [-0.3, -0.25) is 9.59 Å². The van der Waals surface area contributed by atoms with E-state index in [4.69, 9.17) is 15.3 Å². The lowest BCUT2D eigenvalue weighted by Crippen LogP contribution is -2.21. The van der Waals surface area contributed by atoms with Crippen LogP contribution >= 0.6 is 0 Å². The standard InChI is InChI=1S/C23H17N3O5/c1-13-19(22(28)26(25-13)17-8-6-16(7-9-17)23(29)30)12-18-10-11-20(31-18)14-2-4-15(5-3-14)21(24)27/h2-12H,1H3,(H2,24,27)(H,29,30). The molecule has 8 heteroatoms. The Balaban J connectivity index is 1.57. The van der Waals surface area contributed by atoms with Crippen molar-refractivity contribution in [1.29, 1.82) is 0 Å². The molecule has 3 N–H and O–H groups in total. The fourth-order valence-electron chi connectivity index (χ4n) is 3.13. The lowest BCUT2D eigenvalue weighted by atomic mass is 10.1. The average Bonchev–Trinajstić information content (AvgIpc) is 3.34. The first-order valence-corrected chi connectivity index (χ1v) is 9.28. The van der Waals surface area contributed by atoms with E-state index in [-0.39, 0.29) is 11.5 Å². The molecular formula is C23H17N3O5. The van der Waals surface area contributed by atoms with Crippen LogP contribution in [-0.4, -0.2) is 28.6 Å². The van der Waals surface area contributed by atoms with Crippen LogP contribution in [0.2, 0.25) is 0 Å². The second-order valence-electron chi connectivity index (χ2n) is 6.86. The number of carbonyl (C=O) groups is 3. The highest BCUT2D eigenvalue weighted by atomic mass is 16.4. The number of nitrogens with zero attached hydrogens (tertiary/aromatic N) is 2. The molecule has 0 spiro atoms. The number of nitrogens with two attached hydrogens (primary N) is 1. The number of carboxylic acids is 1. The van der Waals surface area contributed by atoms with Gasteiger partial charge in [-0.15, -0.1) is 0 Å². The summed E-state index contributed by atoms with van der Waals surface area (Å²) >= 11 is 0. The number of carboxylic acid groups (broad SMARTS) is 1. The molecular weight excluding hydrogens is 398 g/mol. The van der Waals surface area contributed by atoms with E-state index in [2.05, 4.69) is 5.10 Å². The van der Waals surface area contributed by atoms with Crippen molar-refractivity contribution in [3.8, 4) is 11.3 Å². The largest absolute Gasteiger partial charge is 0.478 e. The Bertz CT molecular complexity index is 1250. The van der Waals surface area contributed by atoms with Gasteiger partial charge in [-0.05, 0) is 61.5 Å². The third-order valence-corrected chi connectivity index (χ3v) is 4.79. The second kappa shape index (κ2) is 7.75. The maximum absolute atomic E-state index is 12.9. The molecule has 0 atom stereocenters. The van der Waals surface area contributed by atoms with Crippen molar-refractivity contribution in [3.63, 3.8) is 0 Å². The van der Waals surface area contributed by atoms with Crippen molar-refractivity contribution in [3.05, 3.63) is 83.1 Å². The summed E-state index contributed by atoms with van der Waals surface area (Å²) in [6, 6.07) is 16.1. The fourth-order valence-corrected chi connectivity index (χ4v) is 3.13. The first-order valence-electron chi connectivity index (χ1n) is 9.28. The van der Waals surface area contributed by atoms with Gasteiger partial charge in [-0.2, -0.15) is 10.1 Å². The molecule has 2 aromatic carbocycles. The Kier molecular flexibility index (Phi) is 4.96. The summed E-state index contributed by atoms with van der Waals surface area (Å²) in [6.45, 7) is 1.71. The van der Waals surface area contributed by atoms with Crippen molar-refractivity contribution >= 4 is 35.3 Å². The molecule has 2 heterocycles. The SMILES string of the molecule is CC1=NN(c2ccc(C(=O)O)cc2)C(=O)C1=Cc1ccc(-c2ccc(C(N)=O)cc2)o1. The van der Waals surface area contributed by atoms with Crippen LogP contribution in [0.1, 0.15) is 33.4 Å². The van der Waals surface area contributed by atoms with Crippen molar-refractivity contribution in [2.75, 3.05) is 5.01 Å². The van der Waals surface area contributed by atoms with E-state index in [1.165, 1.54) is 29.3 Å². The molecule has 0 saturated carbocycles. The van der Waals surface area contributed by atoms with Crippen LogP contribution in [0.4, 0.5) is 5.69 Å². The predicted octanol–water partition coefficient (Wildman–Crippen LogP) is 3.55. The maximum Gasteiger partial charge on any atom is 0.335 e. The van der Waals surface area contributed by atoms with Crippen LogP contribution in [-0.2, 0) is 4.79 Å². The molecule has 1 aromatic heterocycles. The van der Waals surface area contributed by atoms with Crippen LogP contribution in [0, 0.1) is 0 Å². The van der Waals surface area contributed by atoms with Crippen LogP contribution in [0.3, 0.4) is 0 Å². The van der Waals surface area contributed by atoms with Gasteiger partial charge in [0, 0.05) is 11.1 Å². The number of rotatable bonds is 5. The van der Waals surface area contributed by atoms with Gasteiger partial charge < -0.3 is 15.3 Å². The zero-order valence-electron chi connectivity index (χ0n) is 16.4. The van der Waals surface area contributed by atoms with Crippen LogP contribution < -0.4 is 10.7 Å². The number of primary amides is 1. The molecule has 1 aliphatic heterocycles. The fraction of sp³-hybridized carbons (Fsp3) is 0.0435. The lowest BCUT2D eigenvalue weighted by Gasteiger charge is -2.11. The summed E-state index contributed by atoms with van der Waals surface area (Å²) in [7, 11) is 0. The molecule has 0 saturated heterocycles. The van der Waals surface area contributed by atoms with Gasteiger partial charge in [0.05, 0.1) is 22.5 Å². The van der Waals surface area contributed by atoms with Crippen molar-refractivity contribution in [2.45, 2.75) is 6.92 Å². The molecule has 31 heavy (non-hydrogen) atoms. The second-order valence-corrected chi connectivity index (χ2v) is 6.86. The number of amides is 2. The smallest absolute Gasteiger partial charge is 0.335 e. The monoisotopic (exact) mass is 415 g/mol. The molecule has 154 valence electrons. The van der Waals surface area contributed by atoms with E-state index in [0.717, 1.165) is 5.56 Å². The van der Waals surface area contributed by atoms with E-state index in [0.29, 0.717) is 34.1 Å². The highest BCUT2D eigenvalue weighted by Crippen LogP contribution is 2.28. The number of aromatic carboxylic acids is 1. The van der Waals surface area contributed by atoms with Crippen molar-refractivity contribution in [1.82, 2.24) is 0 Å². The first kappa shape index (κ1) is 19.8. The van der Waals surface area contributed by atoms with Crippen LogP contribution in [0.25, 0.3) is 17.4 Å². The normalized spacial score (nSPS) is 14.7. The third kappa shape index (κ3) is 3.86. The number of furan rings is 1. The molecule has 1 aliphatic rings. The summed E-state index contributed by atoms with van der Waals surface area (Å²) in [5, 5.41) is 14.5. The van der Waals surface area contributed by atoms with E-state index < -0.39 is 11.9 Å². The summed E-state index contributed by atoms with van der Waals surface area (Å²) in [6.07, 6.45) is 1.61. The lowest BCUT2D eigenvalue weighted by molar-refractivity contribution is -0.114. The highest BCUT2D eigenvalue weighted by molar-refractivity contribution is 6.32. The quantitative estimate of drug-likeness (QED) is 0.616. The Morgan fingerprint density at radius 3 is 2.26 bits per heavy atom. The topological polar surface area (TPSA) is 126 Å². The van der Waals surface area contributed by atoms with Gasteiger partial charge in [0.1, 0.15) is 11.5 Å². The average molecular weight is 415 g/mol. The molecule has 0 aliphatic carbocycles. The first-order chi connectivity index (χ1) is 14.8. The van der Waals surface area contributed by atoms with Gasteiger partial charge in [-0.1, -0.05) is 12.1 Å². The zero-order chi connectivity index (χ0) is 22.1. The maximum atomic E-state index is 12.9. The summed E-state index contributed by atoms with van der Waals surface area (Å²) in [5.41, 5.74) is 7.88. The minimum Gasteiger partial charge on any atom is -0.478 e. The summed E-state index contributed by atoms with van der Waals surface area (Å²) in [4.78, 5) is 35.1. The van der Waals surface area contributed by atoms with E-state index >= 15 is 0 Å². The number of hydrazone groups is 1. The summed E-state index contributed by atoms with van der Waals surface area (Å²) in [5.74, 6) is -0.853. The van der Waals surface area contributed by atoms with Crippen LogP contribution in [0.15, 0.2) is 75.8 Å². The van der Waals surface area contributed by atoms with Crippen molar-refractivity contribution < 1.29 is 23.9 Å².